The minimum Gasteiger partial charge on any atom is -0.377 e. The lowest BCUT2D eigenvalue weighted by Crippen LogP contribution is -2.08. The van der Waals surface area contributed by atoms with E-state index >= 15 is 0 Å². The van der Waals surface area contributed by atoms with Crippen molar-refractivity contribution in [2.24, 2.45) is 4.99 Å². The number of nitrogens with zero attached hydrogens (tertiary/aromatic N) is 2. The van der Waals surface area contributed by atoms with Crippen LogP contribution >= 0.6 is 0 Å². The highest BCUT2D eigenvalue weighted by Crippen LogP contribution is 2.24. The summed E-state index contributed by atoms with van der Waals surface area (Å²) in [7, 11) is 4.02. The molecule has 0 radical (unpaired) electrons. The van der Waals surface area contributed by atoms with Gasteiger partial charge in [-0.2, -0.15) is 0 Å². The van der Waals surface area contributed by atoms with Crippen LogP contribution in [0.25, 0.3) is 0 Å². The van der Waals surface area contributed by atoms with Crippen LogP contribution in [0.1, 0.15) is 0 Å². The Bertz CT molecular complexity index is 332. The zero-order valence-electron chi connectivity index (χ0n) is 7.95. The molecule has 0 N–H and O–H groups in total. The highest BCUT2D eigenvalue weighted by molar-refractivity contribution is 7.76. The lowest BCUT2D eigenvalue weighted by Gasteiger charge is -2.11. The van der Waals surface area contributed by atoms with Crippen molar-refractivity contribution in [2.75, 3.05) is 19.0 Å². The summed E-state index contributed by atoms with van der Waals surface area (Å²) in [4.78, 5) is 7.02. The summed E-state index contributed by atoms with van der Waals surface area (Å²) >= 11 is 1.44. The topological polar surface area (TPSA) is 15.6 Å². The molecule has 0 aliphatic carbocycles. The summed E-state index contributed by atoms with van der Waals surface area (Å²) in [5.74, 6) is 3.78. The van der Waals surface area contributed by atoms with Crippen LogP contribution in [0.15, 0.2) is 28.1 Å². The maximum atomic E-state index is 3.91. The molecule has 0 unspecified atom stereocenters. The normalized spacial score (nSPS) is 9.38. The van der Waals surface area contributed by atoms with Crippen LogP contribution in [0.5, 0.6) is 0 Å². The molecule has 1 aromatic carbocycles. The highest BCUT2D eigenvalue weighted by atomic mass is 32.1. The summed E-state index contributed by atoms with van der Waals surface area (Å²) in [5, 5.41) is 0. The van der Waals surface area contributed by atoms with Crippen LogP contribution in [0.4, 0.5) is 11.4 Å². The second-order valence-corrected chi connectivity index (χ2v) is 3.58. The molecule has 0 spiro atoms. The third-order valence-corrected chi connectivity index (χ3v) is 2.42. The van der Waals surface area contributed by atoms with Gasteiger partial charge in [-0.25, -0.2) is 0 Å². The molecule has 13 heavy (non-hydrogen) atoms. The van der Waals surface area contributed by atoms with E-state index in [1.807, 2.05) is 31.1 Å². The molecule has 1 rings (SSSR count). The maximum Gasteiger partial charge on any atom is 0.257 e. The lowest BCUT2D eigenvalue weighted by atomic mass is 10.2. The Morgan fingerprint density at radius 2 is 2.08 bits per heavy atom. The molecule has 0 aliphatic rings. The minimum absolute atomic E-state index is 0.894. The molecule has 2 nitrogen and oxygen atoms in total. The van der Waals surface area contributed by atoms with E-state index < -0.39 is 0 Å². The molecule has 0 saturated heterocycles. The van der Waals surface area contributed by atoms with Crippen molar-refractivity contribution < 1.29 is 0 Å². The molecule has 0 atom stereocenters. The maximum absolute atomic E-state index is 3.91. The number of aliphatic imine (C=N–C) groups is 1. The van der Waals surface area contributed by atoms with Gasteiger partial charge in [-0.3, -0.25) is 4.99 Å². The SMILES string of the molecule is C=Nc1ccc(N(C)C)cc1[S+]=C. The number of rotatable bonds is 3. The smallest absolute Gasteiger partial charge is 0.257 e. The van der Waals surface area contributed by atoms with Gasteiger partial charge in [0.15, 0.2) is 5.87 Å². The van der Waals surface area contributed by atoms with E-state index in [1.165, 1.54) is 11.4 Å². The number of benzene rings is 1. The van der Waals surface area contributed by atoms with E-state index in [0.717, 1.165) is 16.3 Å². The Morgan fingerprint density at radius 3 is 2.54 bits per heavy atom. The predicted molar refractivity (Wildman–Crippen MR) is 62.7 cm³/mol. The monoisotopic (exact) mass is 193 g/mol. The van der Waals surface area contributed by atoms with Gasteiger partial charge < -0.3 is 4.90 Å². The molecule has 3 heteroatoms. The lowest BCUT2D eigenvalue weighted by molar-refractivity contribution is 1.12. The van der Waals surface area contributed by atoms with Gasteiger partial charge in [0.05, 0.1) is 0 Å². The van der Waals surface area contributed by atoms with Gasteiger partial charge in [-0.05, 0) is 18.9 Å². The van der Waals surface area contributed by atoms with Crippen LogP contribution < -0.4 is 4.90 Å². The summed E-state index contributed by atoms with van der Waals surface area (Å²) in [6.45, 7) is 3.51. The fourth-order valence-electron chi connectivity index (χ4n) is 1.03. The second kappa shape index (κ2) is 4.14. The Balaban J connectivity index is 3.20. The Hall–Kier alpha value is -1.22. The summed E-state index contributed by atoms with van der Waals surface area (Å²) in [6.07, 6.45) is 0. The van der Waals surface area contributed by atoms with Crippen LogP contribution in [0.2, 0.25) is 0 Å². The molecule has 68 valence electrons. The van der Waals surface area contributed by atoms with Gasteiger partial charge >= 0.3 is 0 Å². The van der Waals surface area contributed by atoms with E-state index in [1.54, 1.807) is 0 Å². The second-order valence-electron chi connectivity index (χ2n) is 2.85. The largest absolute Gasteiger partial charge is 0.377 e. The molecule has 1 aromatic rings. The summed E-state index contributed by atoms with van der Waals surface area (Å²) in [6, 6.07) is 6.03. The molecule has 0 saturated carbocycles. The molecule has 0 amide bonds. The molecule has 0 fully saturated rings. The average molecular weight is 193 g/mol. The Labute approximate surface area is 82.9 Å². The zero-order valence-corrected chi connectivity index (χ0v) is 8.77. The predicted octanol–water partition coefficient (Wildman–Crippen LogP) is 1.96. The van der Waals surface area contributed by atoms with Gasteiger partial charge in [0, 0.05) is 25.8 Å². The molecule has 0 aromatic heterocycles. The molecule has 0 aliphatic heterocycles. The van der Waals surface area contributed by atoms with E-state index in [4.69, 9.17) is 0 Å². The van der Waals surface area contributed by atoms with Crippen molar-refractivity contribution >= 4 is 35.3 Å². The van der Waals surface area contributed by atoms with Crippen molar-refractivity contribution in [1.82, 2.24) is 0 Å². The van der Waals surface area contributed by atoms with E-state index in [2.05, 4.69) is 23.6 Å². The quantitative estimate of drug-likeness (QED) is 0.407. The third-order valence-electron chi connectivity index (χ3n) is 1.79. The van der Waals surface area contributed by atoms with Crippen LogP contribution in [0, 0.1) is 0 Å². The standard InChI is InChI=1S/C10H13N2S/c1-11-9-6-5-8(12(2)3)7-10(9)13-4/h5-7H,1,4H2,2-3H3/q+1. The van der Waals surface area contributed by atoms with Crippen LogP contribution in [0.3, 0.4) is 0 Å². The summed E-state index contributed by atoms with van der Waals surface area (Å²) < 4.78 is 0. The number of anilines is 1. The molecule has 0 heterocycles. The van der Waals surface area contributed by atoms with Gasteiger partial charge in [0.25, 0.3) is 4.90 Å². The fourth-order valence-corrected chi connectivity index (χ4v) is 1.51. The van der Waals surface area contributed by atoms with Crippen LogP contribution in [-0.2, 0) is 11.4 Å². The van der Waals surface area contributed by atoms with Crippen molar-refractivity contribution in [2.45, 2.75) is 4.90 Å². The van der Waals surface area contributed by atoms with E-state index in [9.17, 15) is 0 Å². The van der Waals surface area contributed by atoms with Gasteiger partial charge in [-0.1, -0.05) is 0 Å². The number of hydrogen-bond acceptors (Lipinski definition) is 2. The van der Waals surface area contributed by atoms with Crippen LogP contribution in [-0.4, -0.2) is 26.7 Å². The van der Waals surface area contributed by atoms with E-state index in [0.29, 0.717) is 0 Å². The van der Waals surface area contributed by atoms with Crippen molar-refractivity contribution in [3.63, 3.8) is 0 Å². The van der Waals surface area contributed by atoms with Crippen molar-refractivity contribution in [1.29, 1.82) is 0 Å². The zero-order chi connectivity index (χ0) is 9.84. The van der Waals surface area contributed by atoms with Crippen molar-refractivity contribution in [3.8, 4) is 0 Å². The fraction of sp³-hybridized carbons (Fsp3) is 0.200. The average Bonchev–Trinajstić information content (AvgIpc) is 2.16. The first-order valence-corrected chi connectivity index (χ1v) is 4.87. The third kappa shape index (κ3) is 2.12. The molecule has 0 bridgehead atoms. The van der Waals surface area contributed by atoms with Gasteiger partial charge in [0.2, 0.25) is 11.4 Å². The van der Waals surface area contributed by atoms with Gasteiger partial charge in [0.1, 0.15) is 5.69 Å². The Morgan fingerprint density at radius 1 is 1.38 bits per heavy atom. The first-order valence-electron chi connectivity index (χ1n) is 3.89. The molecular formula is C10H13N2S+. The Kier molecular flexibility index (Phi) is 3.14. The van der Waals surface area contributed by atoms with E-state index in [-0.39, 0.29) is 0 Å². The number of hydrogen-bond donors (Lipinski definition) is 0. The van der Waals surface area contributed by atoms with Gasteiger partial charge in [-0.15, -0.1) is 0 Å². The molecular weight excluding hydrogens is 180 g/mol. The first-order chi connectivity index (χ1) is 6.19. The summed E-state index contributed by atoms with van der Waals surface area (Å²) in [5.41, 5.74) is 2.05. The first kappa shape index (κ1) is 9.86. The highest BCUT2D eigenvalue weighted by Gasteiger charge is 2.09. The van der Waals surface area contributed by atoms with Crippen molar-refractivity contribution in [3.05, 3.63) is 18.2 Å². The minimum atomic E-state index is 0.894.